The molecule has 2 rings (SSSR count). The summed E-state index contributed by atoms with van der Waals surface area (Å²) < 4.78 is 4.99. The number of rotatable bonds is 6. The summed E-state index contributed by atoms with van der Waals surface area (Å²) in [5, 5.41) is 2.34. The highest BCUT2D eigenvalue weighted by Crippen LogP contribution is 2.28. The largest absolute Gasteiger partial charge is 0.454 e. The van der Waals surface area contributed by atoms with Gasteiger partial charge in [-0.1, -0.05) is 32.4 Å². The van der Waals surface area contributed by atoms with E-state index in [2.05, 4.69) is 5.32 Å². The van der Waals surface area contributed by atoms with Gasteiger partial charge in [-0.3, -0.25) is 19.3 Å². The van der Waals surface area contributed by atoms with Crippen LogP contribution in [0.4, 0.5) is 0 Å². The summed E-state index contributed by atoms with van der Waals surface area (Å²) in [6.45, 7) is 3.16. The molecule has 1 aromatic carbocycles. The number of likely N-dealkylation sites (N-methyl/N-ethyl adjacent to an activating group) is 1. The minimum absolute atomic E-state index is 0.273. The van der Waals surface area contributed by atoms with Gasteiger partial charge in [0.05, 0.1) is 11.1 Å². The van der Waals surface area contributed by atoms with E-state index in [4.69, 9.17) is 4.74 Å². The second-order valence-electron chi connectivity index (χ2n) is 5.64. The first kappa shape index (κ1) is 17.7. The van der Waals surface area contributed by atoms with Crippen LogP contribution in [0.2, 0.25) is 0 Å². The molecular weight excluding hydrogens is 312 g/mol. The number of hydrogen-bond donors (Lipinski definition) is 1. The number of hydrogen-bond acceptors (Lipinski definition) is 5. The highest BCUT2D eigenvalue weighted by Gasteiger charge is 2.45. The maximum atomic E-state index is 12.6. The monoisotopic (exact) mass is 332 g/mol. The molecule has 0 unspecified atom stereocenters. The smallest absolute Gasteiger partial charge is 0.330 e. The lowest BCUT2D eigenvalue weighted by molar-refractivity contribution is -0.153. The average molecular weight is 332 g/mol. The maximum Gasteiger partial charge on any atom is 0.330 e. The van der Waals surface area contributed by atoms with Gasteiger partial charge in [0.2, 0.25) is 0 Å². The van der Waals surface area contributed by atoms with E-state index in [1.54, 1.807) is 31.2 Å². The zero-order valence-electron chi connectivity index (χ0n) is 13.9. The third-order valence-corrected chi connectivity index (χ3v) is 4.15. The predicted octanol–water partition coefficient (Wildman–Crippen LogP) is 0.986. The third kappa shape index (κ3) is 3.15. The fraction of sp³-hybridized carbons (Fsp3) is 0.412. The number of nitrogens with zero attached hydrogens (tertiary/aromatic N) is 1. The van der Waals surface area contributed by atoms with E-state index in [0.717, 1.165) is 4.90 Å². The molecule has 0 spiro atoms. The van der Waals surface area contributed by atoms with E-state index < -0.39 is 36.3 Å². The normalized spacial score (nSPS) is 15.7. The minimum Gasteiger partial charge on any atom is -0.454 e. The Balaban J connectivity index is 2.29. The molecule has 0 saturated carbocycles. The van der Waals surface area contributed by atoms with Crippen molar-refractivity contribution in [2.24, 2.45) is 5.92 Å². The minimum atomic E-state index is -1.06. The summed E-state index contributed by atoms with van der Waals surface area (Å²) in [5.74, 6) is -2.56. The molecule has 128 valence electrons. The second kappa shape index (κ2) is 7.25. The molecule has 24 heavy (non-hydrogen) atoms. The lowest BCUT2D eigenvalue weighted by Crippen LogP contribution is -2.49. The van der Waals surface area contributed by atoms with Crippen molar-refractivity contribution in [3.05, 3.63) is 35.4 Å². The number of imide groups is 1. The molecule has 2 atom stereocenters. The average Bonchev–Trinajstić information content (AvgIpc) is 2.85. The number of ether oxygens (including phenoxy) is 1. The lowest BCUT2D eigenvalue weighted by Gasteiger charge is -2.28. The van der Waals surface area contributed by atoms with Gasteiger partial charge in [-0.15, -0.1) is 0 Å². The molecule has 0 saturated heterocycles. The van der Waals surface area contributed by atoms with Crippen molar-refractivity contribution in [3.63, 3.8) is 0 Å². The number of amides is 3. The molecule has 1 heterocycles. The highest BCUT2D eigenvalue weighted by atomic mass is 16.5. The van der Waals surface area contributed by atoms with Crippen LogP contribution in [0, 0.1) is 5.92 Å². The molecule has 0 bridgehead atoms. The van der Waals surface area contributed by atoms with Crippen molar-refractivity contribution in [1.29, 1.82) is 0 Å². The summed E-state index contributed by atoms with van der Waals surface area (Å²) in [7, 11) is 1.42. The zero-order valence-corrected chi connectivity index (χ0v) is 13.9. The number of nitrogens with one attached hydrogen (secondary N) is 1. The van der Waals surface area contributed by atoms with E-state index >= 15 is 0 Å². The van der Waals surface area contributed by atoms with Crippen molar-refractivity contribution in [2.75, 3.05) is 13.7 Å². The van der Waals surface area contributed by atoms with Gasteiger partial charge in [-0.25, -0.2) is 4.79 Å². The molecule has 1 N–H and O–H groups in total. The van der Waals surface area contributed by atoms with Gasteiger partial charge in [0.25, 0.3) is 17.7 Å². The Labute approximate surface area is 140 Å². The standard InChI is InChI=1S/C17H20N2O5/c1-4-10(2)14(17(23)24-9-13(20)18-3)19-15(21)11-7-5-6-8-12(11)16(19)22/h5-8,10,14H,4,9H2,1-3H3,(H,18,20)/t10-,14-/m0/s1. The SMILES string of the molecule is CC[C@H](C)[C@@H](C(=O)OCC(=O)NC)N1C(=O)c2ccccc2C1=O. The molecule has 1 aliphatic rings. The van der Waals surface area contributed by atoms with Crippen LogP contribution in [0.15, 0.2) is 24.3 Å². The van der Waals surface area contributed by atoms with Crippen LogP contribution in [0.3, 0.4) is 0 Å². The van der Waals surface area contributed by atoms with E-state index in [1.165, 1.54) is 7.05 Å². The fourth-order valence-corrected chi connectivity index (χ4v) is 2.57. The molecule has 0 aromatic heterocycles. The number of esters is 1. The van der Waals surface area contributed by atoms with Crippen LogP contribution in [-0.4, -0.2) is 48.3 Å². The van der Waals surface area contributed by atoms with Crippen molar-refractivity contribution in [2.45, 2.75) is 26.3 Å². The molecule has 1 aliphatic heterocycles. The summed E-state index contributed by atoms with van der Waals surface area (Å²) in [4.78, 5) is 49.8. The van der Waals surface area contributed by atoms with Crippen LogP contribution < -0.4 is 5.32 Å². The Bertz CT molecular complexity index is 650. The summed E-state index contributed by atoms with van der Waals surface area (Å²) in [5.41, 5.74) is 0.546. The summed E-state index contributed by atoms with van der Waals surface area (Å²) in [6, 6.07) is 5.37. The van der Waals surface area contributed by atoms with E-state index in [-0.39, 0.29) is 17.0 Å². The van der Waals surface area contributed by atoms with E-state index in [9.17, 15) is 19.2 Å². The van der Waals surface area contributed by atoms with Crippen LogP contribution in [0.1, 0.15) is 41.0 Å². The zero-order chi connectivity index (χ0) is 17.9. The first-order valence-corrected chi connectivity index (χ1v) is 7.76. The van der Waals surface area contributed by atoms with Crippen molar-refractivity contribution >= 4 is 23.7 Å². The van der Waals surface area contributed by atoms with Gasteiger partial charge >= 0.3 is 5.97 Å². The number of carbonyl (C=O) groups excluding carboxylic acids is 4. The van der Waals surface area contributed by atoms with Gasteiger partial charge in [-0.05, 0) is 18.1 Å². The molecule has 7 nitrogen and oxygen atoms in total. The van der Waals surface area contributed by atoms with Crippen molar-refractivity contribution < 1.29 is 23.9 Å². The van der Waals surface area contributed by atoms with Gasteiger partial charge in [-0.2, -0.15) is 0 Å². The quantitative estimate of drug-likeness (QED) is 0.619. The summed E-state index contributed by atoms with van der Waals surface area (Å²) in [6.07, 6.45) is 0.563. The molecule has 0 radical (unpaired) electrons. The molecular formula is C17H20N2O5. The Kier molecular flexibility index (Phi) is 5.33. The van der Waals surface area contributed by atoms with Crippen LogP contribution in [0.5, 0.6) is 0 Å². The van der Waals surface area contributed by atoms with Gasteiger partial charge in [0, 0.05) is 7.05 Å². The molecule has 7 heteroatoms. The Morgan fingerprint density at radius 3 is 2.17 bits per heavy atom. The van der Waals surface area contributed by atoms with Crippen molar-refractivity contribution in [3.8, 4) is 0 Å². The van der Waals surface area contributed by atoms with Gasteiger partial charge in [0.15, 0.2) is 6.61 Å². The second-order valence-corrected chi connectivity index (χ2v) is 5.64. The Hall–Kier alpha value is -2.70. The van der Waals surface area contributed by atoms with Crippen LogP contribution >= 0.6 is 0 Å². The van der Waals surface area contributed by atoms with Gasteiger partial charge in [0.1, 0.15) is 6.04 Å². The molecule has 0 fully saturated rings. The fourth-order valence-electron chi connectivity index (χ4n) is 2.57. The summed E-state index contributed by atoms with van der Waals surface area (Å²) >= 11 is 0. The number of benzene rings is 1. The molecule has 3 amide bonds. The van der Waals surface area contributed by atoms with E-state index in [0.29, 0.717) is 6.42 Å². The van der Waals surface area contributed by atoms with Gasteiger partial charge < -0.3 is 10.1 Å². The van der Waals surface area contributed by atoms with Crippen molar-refractivity contribution in [1.82, 2.24) is 10.2 Å². The maximum absolute atomic E-state index is 12.6. The topological polar surface area (TPSA) is 92.8 Å². The lowest BCUT2D eigenvalue weighted by atomic mass is 9.97. The molecule has 0 aliphatic carbocycles. The Morgan fingerprint density at radius 1 is 1.17 bits per heavy atom. The van der Waals surface area contributed by atoms with Crippen LogP contribution in [-0.2, 0) is 14.3 Å². The number of carbonyl (C=O) groups is 4. The predicted molar refractivity (Wildman–Crippen MR) is 85.2 cm³/mol. The first-order valence-electron chi connectivity index (χ1n) is 7.76. The van der Waals surface area contributed by atoms with E-state index in [1.807, 2.05) is 6.92 Å². The van der Waals surface area contributed by atoms with Crippen LogP contribution in [0.25, 0.3) is 0 Å². The third-order valence-electron chi connectivity index (χ3n) is 4.15. The Morgan fingerprint density at radius 2 is 1.71 bits per heavy atom. The number of fused-ring (bicyclic) bond motifs is 1. The highest BCUT2D eigenvalue weighted by molar-refractivity contribution is 6.22. The molecule has 1 aromatic rings. The first-order chi connectivity index (χ1) is 11.4.